The Kier molecular flexibility index (Phi) is 4.42. The molecule has 2 rings (SSSR count). The van der Waals surface area contributed by atoms with E-state index in [1.54, 1.807) is 46.8 Å². The van der Waals surface area contributed by atoms with Crippen LogP contribution in [-0.4, -0.2) is 37.1 Å². The Labute approximate surface area is 131 Å². The van der Waals surface area contributed by atoms with Gasteiger partial charge in [0.15, 0.2) is 9.84 Å². The highest BCUT2D eigenvalue weighted by molar-refractivity contribution is 7.90. The van der Waals surface area contributed by atoms with Crippen LogP contribution in [0.1, 0.15) is 29.0 Å². The maximum absolute atomic E-state index is 12.5. The van der Waals surface area contributed by atoms with E-state index in [2.05, 4.69) is 0 Å². The summed E-state index contributed by atoms with van der Waals surface area (Å²) in [5.74, 6) is -0.0767. The van der Waals surface area contributed by atoms with Crippen LogP contribution in [0.2, 0.25) is 0 Å². The summed E-state index contributed by atoms with van der Waals surface area (Å²) in [5.41, 5.74) is 1.50. The molecule has 0 N–H and O–H groups in total. The molecule has 0 radical (unpaired) electrons. The van der Waals surface area contributed by atoms with Crippen LogP contribution in [-0.2, 0) is 16.9 Å². The van der Waals surface area contributed by atoms with E-state index in [9.17, 15) is 13.2 Å². The second-order valence-corrected chi connectivity index (χ2v) is 7.45. The van der Waals surface area contributed by atoms with E-state index < -0.39 is 9.84 Å². The largest absolute Gasteiger partial charge is 0.347 e. The molecule has 5 nitrogen and oxygen atoms in total. The number of carbonyl (C=O) groups is 1. The highest BCUT2D eigenvalue weighted by Crippen LogP contribution is 2.22. The first kappa shape index (κ1) is 16.3. The molecule has 22 heavy (non-hydrogen) atoms. The number of aryl methyl sites for hydroxylation is 1. The zero-order valence-electron chi connectivity index (χ0n) is 13.1. The third-order valence-corrected chi connectivity index (χ3v) is 4.98. The zero-order chi connectivity index (χ0) is 16.5. The van der Waals surface area contributed by atoms with Gasteiger partial charge in [-0.05, 0) is 36.8 Å². The Morgan fingerprint density at radius 1 is 1.18 bits per heavy atom. The summed E-state index contributed by atoms with van der Waals surface area (Å²) in [6.45, 7) is 1.91. The van der Waals surface area contributed by atoms with Crippen LogP contribution >= 0.6 is 0 Å². The van der Waals surface area contributed by atoms with Crippen molar-refractivity contribution in [2.45, 2.75) is 17.9 Å². The predicted molar refractivity (Wildman–Crippen MR) is 85.5 cm³/mol. The van der Waals surface area contributed by atoms with E-state index in [0.717, 1.165) is 5.56 Å². The first-order valence-electron chi connectivity index (χ1n) is 6.90. The third-order valence-electron chi connectivity index (χ3n) is 3.85. The first-order valence-corrected chi connectivity index (χ1v) is 8.79. The quantitative estimate of drug-likeness (QED) is 0.868. The number of hydrogen-bond acceptors (Lipinski definition) is 3. The lowest BCUT2D eigenvalue weighted by Crippen LogP contribution is -2.30. The molecular formula is C16H20N2O3S. The average Bonchev–Trinajstić information content (AvgIpc) is 2.90. The predicted octanol–water partition coefficient (Wildman–Crippen LogP) is 2.26. The minimum atomic E-state index is -3.21. The van der Waals surface area contributed by atoms with E-state index in [-0.39, 0.29) is 16.8 Å². The van der Waals surface area contributed by atoms with Crippen molar-refractivity contribution >= 4 is 15.7 Å². The van der Waals surface area contributed by atoms with Crippen molar-refractivity contribution in [2.24, 2.45) is 7.05 Å². The SMILES string of the molecule is CC(c1ccc(S(C)(=O)=O)cc1)N(C)C(=O)c1cccn1C. The molecule has 1 amide bonds. The molecule has 0 spiro atoms. The summed E-state index contributed by atoms with van der Waals surface area (Å²) in [7, 11) is 0.360. The molecule has 1 aromatic carbocycles. The van der Waals surface area contributed by atoms with Gasteiger partial charge in [-0.3, -0.25) is 4.79 Å². The van der Waals surface area contributed by atoms with Crippen LogP contribution < -0.4 is 0 Å². The van der Waals surface area contributed by atoms with E-state index >= 15 is 0 Å². The van der Waals surface area contributed by atoms with Crippen molar-refractivity contribution in [3.8, 4) is 0 Å². The summed E-state index contributed by atoms with van der Waals surface area (Å²) >= 11 is 0. The lowest BCUT2D eigenvalue weighted by atomic mass is 10.1. The Morgan fingerprint density at radius 3 is 2.23 bits per heavy atom. The lowest BCUT2D eigenvalue weighted by molar-refractivity contribution is 0.0733. The Hall–Kier alpha value is -2.08. The van der Waals surface area contributed by atoms with E-state index in [4.69, 9.17) is 0 Å². The normalized spacial score (nSPS) is 12.9. The molecule has 0 aliphatic rings. The van der Waals surface area contributed by atoms with E-state index in [1.807, 2.05) is 26.2 Å². The van der Waals surface area contributed by atoms with Gasteiger partial charge in [0.2, 0.25) is 0 Å². The molecule has 1 atom stereocenters. The van der Waals surface area contributed by atoms with Crippen LogP contribution in [0.25, 0.3) is 0 Å². The van der Waals surface area contributed by atoms with Gasteiger partial charge in [-0.15, -0.1) is 0 Å². The van der Waals surface area contributed by atoms with E-state index in [0.29, 0.717) is 5.69 Å². The molecule has 1 aromatic heterocycles. The van der Waals surface area contributed by atoms with Gasteiger partial charge in [0.1, 0.15) is 5.69 Å². The first-order chi connectivity index (χ1) is 10.2. The number of rotatable bonds is 4. The molecule has 0 aliphatic heterocycles. The second kappa shape index (κ2) is 5.96. The van der Waals surface area contributed by atoms with Crippen LogP contribution in [0, 0.1) is 0 Å². The molecular weight excluding hydrogens is 300 g/mol. The molecule has 0 bridgehead atoms. The number of aromatic nitrogens is 1. The fraction of sp³-hybridized carbons (Fsp3) is 0.312. The summed E-state index contributed by atoms with van der Waals surface area (Å²) in [6.07, 6.45) is 3.00. The van der Waals surface area contributed by atoms with Crippen molar-refractivity contribution in [3.05, 3.63) is 53.9 Å². The fourth-order valence-corrected chi connectivity index (χ4v) is 2.89. The molecule has 0 saturated heterocycles. The Bertz CT molecular complexity index is 776. The highest BCUT2D eigenvalue weighted by atomic mass is 32.2. The van der Waals surface area contributed by atoms with Crippen molar-refractivity contribution < 1.29 is 13.2 Å². The smallest absolute Gasteiger partial charge is 0.270 e. The Balaban J connectivity index is 2.22. The maximum atomic E-state index is 12.5. The van der Waals surface area contributed by atoms with Crippen molar-refractivity contribution in [1.29, 1.82) is 0 Å². The summed E-state index contributed by atoms with van der Waals surface area (Å²) in [6, 6.07) is 10.1. The Morgan fingerprint density at radius 2 is 1.77 bits per heavy atom. The number of hydrogen-bond donors (Lipinski definition) is 0. The number of benzene rings is 1. The lowest BCUT2D eigenvalue weighted by Gasteiger charge is -2.25. The second-order valence-electron chi connectivity index (χ2n) is 5.44. The van der Waals surface area contributed by atoms with E-state index in [1.165, 1.54) is 6.26 Å². The zero-order valence-corrected chi connectivity index (χ0v) is 14.0. The number of amides is 1. The van der Waals surface area contributed by atoms with Crippen molar-refractivity contribution in [2.75, 3.05) is 13.3 Å². The number of nitrogens with zero attached hydrogens (tertiary/aromatic N) is 2. The molecule has 0 aliphatic carbocycles. The van der Waals surface area contributed by atoms with Crippen LogP contribution in [0.4, 0.5) is 0 Å². The number of carbonyl (C=O) groups excluding carboxylic acids is 1. The van der Waals surface area contributed by atoms with Gasteiger partial charge in [0.25, 0.3) is 5.91 Å². The minimum Gasteiger partial charge on any atom is -0.347 e. The maximum Gasteiger partial charge on any atom is 0.270 e. The van der Waals surface area contributed by atoms with Crippen molar-refractivity contribution in [3.63, 3.8) is 0 Å². The van der Waals surface area contributed by atoms with Crippen LogP contribution in [0.3, 0.4) is 0 Å². The topological polar surface area (TPSA) is 59.4 Å². The molecule has 0 saturated carbocycles. The van der Waals surface area contributed by atoms with Gasteiger partial charge in [0, 0.05) is 26.5 Å². The van der Waals surface area contributed by atoms with Gasteiger partial charge < -0.3 is 9.47 Å². The average molecular weight is 320 g/mol. The molecule has 1 unspecified atom stereocenters. The molecule has 6 heteroatoms. The van der Waals surface area contributed by atoms with Crippen LogP contribution in [0.15, 0.2) is 47.5 Å². The molecule has 0 fully saturated rings. The van der Waals surface area contributed by atoms with Gasteiger partial charge in [-0.25, -0.2) is 8.42 Å². The fourth-order valence-electron chi connectivity index (χ4n) is 2.26. The molecule has 1 heterocycles. The summed E-state index contributed by atoms with van der Waals surface area (Å²) in [5, 5.41) is 0. The van der Waals surface area contributed by atoms with Gasteiger partial charge in [-0.2, -0.15) is 0 Å². The summed E-state index contributed by atoms with van der Waals surface area (Å²) in [4.78, 5) is 14.4. The van der Waals surface area contributed by atoms with Gasteiger partial charge in [-0.1, -0.05) is 12.1 Å². The van der Waals surface area contributed by atoms with Crippen molar-refractivity contribution in [1.82, 2.24) is 9.47 Å². The molecule has 118 valence electrons. The van der Waals surface area contributed by atoms with Gasteiger partial charge >= 0.3 is 0 Å². The minimum absolute atomic E-state index is 0.0767. The van der Waals surface area contributed by atoms with Crippen LogP contribution in [0.5, 0.6) is 0 Å². The third kappa shape index (κ3) is 3.22. The monoisotopic (exact) mass is 320 g/mol. The standard InChI is InChI=1S/C16H20N2O3S/c1-12(13-7-9-14(10-8-13)22(4,20)21)18(3)16(19)15-6-5-11-17(15)2/h5-12H,1-4H3. The highest BCUT2D eigenvalue weighted by Gasteiger charge is 2.21. The summed E-state index contributed by atoms with van der Waals surface area (Å²) < 4.78 is 24.7. The molecule has 2 aromatic rings. The van der Waals surface area contributed by atoms with Gasteiger partial charge in [0.05, 0.1) is 10.9 Å². The number of sulfone groups is 1.